The summed E-state index contributed by atoms with van der Waals surface area (Å²) in [6.45, 7) is 0.532. The van der Waals surface area contributed by atoms with Gasteiger partial charge in [-0.3, -0.25) is 10.2 Å². The molecule has 9 heteroatoms. The highest BCUT2D eigenvalue weighted by molar-refractivity contribution is 6.18. The summed E-state index contributed by atoms with van der Waals surface area (Å²) in [5.74, 6) is -0.451. The van der Waals surface area contributed by atoms with Gasteiger partial charge in [-0.05, 0) is 12.1 Å². The number of para-hydroxylation sites is 1. The number of carbonyl (C=O) groups excluding carboxylic acids is 2. The molecule has 0 saturated heterocycles. The van der Waals surface area contributed by atoms with E-state index in [2.05, 4.69) is 16.2 Å². The average molecular weight is 346 g/mol. The van der Waals surface area contributed by atoms with E-state index in [4.69, 9.17) is 21.1 Å². The zero-order valence-electron chi connectivity index (χ0n) is 12.7. The van der Waals surface area contributed by atoms with E-state index in [-0.39, 0.29) is 25.6 Å². The molecule has 2 amide bonds. The number of aliphatic hydroxyl groups is 1. The molecule has 0 fully saturated rings. The van der Waals surface area contributed by atoms with Crippen molar-refractivity contribution >= 4 is 29.3 Å². The van der Waals surface area contributed by atoms with Crippen LogP contribution in [0.2, 0.25) is 0 Å². The molecule has 0 aliphatic carbocycles. The number of hydrogen-bond donors (Lipinski definition) is 4. The Bertz CT molecular complexity index is 515. The summed E-state index contributed by atoms with van der Waals surface area (Å²) in [5.41, 5.74) is 5.16. The zero-order valence-corrected chi connectivity index (χ0v) is 13.4. The van der Waals surface area contributed by atoms with Gasteiger partial charge in [0, 0.05) is 19.3 Å². The minimum absolute atomic E-state index is 0.0761. The Hall–Kier alpha value is -2.03. The third kappa shape index (κ3) is 7.18. The van der Waals surface area contributed by atoms with Gasteiger partial charge in [-0.2, -0.15) is 0 Å². The van der Waals surface area contributed by atoms with Gasteiger partial charge in [0.15, 0.2) is 0 Å². The van der Waals surface area contributed by atoms with Crippen molar-refractivity contribution < 1.29 is 24.2 Å². The van der Waals surface area contributed by atoms with Crippen LogP contribution in [0, 0.1) is 0 Å². The first-order valence-electron chi connectivity index (χ1n) is 6.87. The Morgan fingerprint density at radius 1 is 1.26 bits per heavy atom. The van der Waals surface area contributed by atoms with Crippen molar-refractivity contribution in [1.82, 2.24) is 10.9 Å². The van der Waals surface area contributed by atoms with Gasteiger partial charge < -0.3 is 19.9 Å². The molecule has 23 heavy (non-hydrogen) atoms. The number of carbonyl (C=O) groups is 2. The van der Waals surface area contributed by atoms with E-state index in [1.165, 1.54) is 7.11 Å². The second kappa shape index (κ2) is 10.7. The van der Waals surface area contributed by atoms with Crippen LogP contribution in [0.15, 0.2) is 24.3 Å². The minimum atomic E-state index is -0.793. The number of alkyl halides is 1. The van der Waals surface area contributed by atoms with Crippen LogP contribution in [0.25, 0.3) is 0 Å². The Morgan fingerprint density at radius 2 is 2.00 bits per heavy atom. The Balaban J connectivity index is 2.53. The number of hydrazine groups is 1. The summed E-state index contributed by atoms with van der Waals surface area (Å²) in [6.07, 6.45) is -1.53. The van der Waals surface area contributed by atoms with Gasteiger partial charge in [-0.15, -0.1) is 11.6 Å². The second-order valence-electron chi connectivity index (χ2n) is 4.44. The van der Waals surface area contributed by atoms with Crippen LogP contribution in [-0.2, 0) is 9.47 Å². The fraction of sp³-hybridized carbons (Fsp3) is 0.429. The number of benzene rings is 1. The second-order valence-corrected chi connectivity index (χ2v) is 4.75. The predicted molar refractivity (Wildman–Crippen MR) is 85.5 cm³/mol. The lowest BCUT2D eigenvalue weighted by molar-refractivity contribution is 0.0849. The van der Waals surface area contributed by atoms with Crippen molar-refractivity contribution in [2.75, 3.05) is 38.1 Å². The molecule has 0 aromatic heterocycles. The molecule has 1 unspecified atom stereocenters. The fourth-order valence-electron chi connectivity index (χ4n) is 1.55. The molecular formula is C14H20ClN3O5. The number of aliphatic hydroxyl groups excluding tert-OH is 1. The number of hydrogen-bond acceptors (Lipinski definition) is 6. The maximum Gasteiger partial charge on any atom is 0.426 e. The molecule has 0 radical (unpaired) electrons. The number of ether oxygens (including phenoxy) is 2. The van der Waals surface area contributed by atoms with Crippen LogP contribution < -0.4 is 16.2 Å². The smallest absolute Gasteiger partial charge is 0.426 e. The quantitative estimate of drug-likeness (QED) is 0.314. The first-order valence-corrected chi connectivity index (χ1v) is 7.41. The van der Waals surface area contributed by atoms with Crippen LogP contribution in [0.5, 0.6) is 0 Å². The largest absolute Gasteiger partial charge is 0.446 e. The Labute approximate surface area is 139 Å². The van der Waals surface area contributed by atoms with Gasteiger partial charge in [-0.25, -0.2) is 10.2 Å². The zero-order chi connectivity index (χ0) is 17.1. The van der Waals surface area contributed by atoms with E-state index in [1.807, 2.05) is 0 Å². The van der Waals surface area contributed by atoms with Crippen molar-refractivity contribution in [2.24, 2.45) is 0 Å². The molecule has 4 N–H and O–H groups in total. The number of rotatable bonds is 8. The van der Waals surface area contributed by atoms with E-state index < -0.39 is 18.1 Å². The van der Waals surface area contributed by atoms with Crippen LogP contribution >= 0.6 is 11.6 Å². The number of halogens is 1. The van der Waals surface area contributed by atoms with Crippen molar-refractivity contribution in [3.05, 3.63) is 29.8 Å². The van der Waals surface area contributed by atoms with E-state index >= 15 is 0 Å². The first kappa shape index (κ1) is 19.0. The lowest BCUT2D eigenvalue weighted by Gasteiger charge is -2.14. The minimum Gasteiger partial charge on any atom is -0.446 e. The number of anilines is 1. The summed E-state index contributed by atoms with van der Waals surface area (Å²) in [4.78, 5) is 23.4. The normalized spacial score (nSPS) is 11.4. The van der Waals surface area contributed by atoms with Gasteiger partial charge in [0.1, 0.15) is 6.61 Å². The number of nitrogens with one attached hydrogen (secondary N) is 3. The lowest BCUT2D eigenvalue weighted by Crippen LogP contribution is -2.42. The number of methoxy groups -OCH3 is 1. The molecule has 1 aromatic carbocycles. The molecule has 8 nitrogen and oxygen atoms in total. The van der Waals surface area contributed by atoms with Crippen molar-refractivity contribution in [3.8, 4) is 0 Å². The monoisotopic (exact) mass is 345 g/mol. The molecule has 1 aromatic rings. The Morgan fingerprint density at radius 3 is 2.70 bits per heavy atom. The molecule has 1 rings (SSSR count). The van der Waals surface area contributed by atoms with Gasteiger partial charge in [0.05, 0.1) is 24.2 Å². The molecular weight excluding hydrogens is 326 g/mol. The van der Waals surface area contributed by atoms with Gasteiger partial charge >= 0.3 is 6.09 Å². The molecule has 0 spiro atoms. The van der Waals surface area contributed by atoms with E-state index in [9.17, 15) is 14.7 Å². The van der Waals surface area contributed by atoms with Crippen LogP contribution in [0.1, 0.15) is 10.4 Å². The molecule has 0 aliphatic rings. The van der Waals surface area contributed by atoms with Crippen LogP contribution in [0.3, 0.4) is 0 Å². The molecule has 0 heterocycles. The molecule has 0 saturated carbocycles. The summed E-state index contributed by atoms with van der Waals surface area (Å²) in [7, 11) is 1.48. The summed E-state index contributed by atoms with van der Waals surface area (Å²) in [6, 6.07) is 6.66. The average Bonchev–Trinajstić information content (AvgIpc) is 2.58. The summed E-state index contributed by atoms with van der Waals surface area (Å²) in [5, 5.41) is 12.4. The SMILES string of the molecule is COCCOC(=O)NNC(=O)c1ccccc1NCC(O)CCl. The third-order valence-electron chi connectivity index (χ3n) is 2.68. The van der Waals surface area contributed by atoms with Crippen molar-refractivity contribution in [1.29, 1.82) is 0 Å². The van der Waals surface area contributed by atoms with Crippen molar-refractivity contribution in [3.63, 3.8) is 0 Å². The highest BCUT2D eigenvalue weighted by Gasteiger charge is 2.13. The number of amides is 2. The highest BCUT2D eigenvalue weighted by Crippen LogP contribution is 2.14. The molecule has 0 aliphatic heterocycles. The van der Waals surface area contributed by atoms with E-state index in [1.54, 1.807) is 24.3 Å². The molecule has 128 valence electrons. The molecule has 1 atom stereocenters. The fourth-order valence-corrected chi connectivity index (χ4v) is 1.66. The highest BCUT2D eigenvalue weighted by atomic mass is 35.5. The van der Waals surface area contributed by atoms with E-state index in [0.29, 0.717) is 11.3 Å². The van der Waals surface area contributed by atoms with Crippen molar-refractivity contribution in [2.45, 2.75) is 6.10 Å². The predicted octanol–water partition coefficient (Wildman–Crippen LogP) is 0.716. The summed E-state index contributed by atoms with van der Waals surface area (Å²) >= 11 is 5.52. The van der Waals surface area contributed by atoms with Gasteiger partial charge in [0.25, 0.3) is 5.91 Å². The molecule has 0 bridgehead atoms. The first-order chi connectivity index (χ1) is 11.1. The van der Waals surface area contributed by atoms with Gasteiger partial charge in [-0.1, -0.05) is 12.1 Å². The Kier molecular flexibility index (Phi) is 8.81. The standard InChI is InChI=1S/C14H20ClN3O5/c1-22-6-7-23-14(21)18-17-13(20)11-4-2-3-5-12(11)16-9-10(19)8-15/h2-5,10,16,19H,6-9H2,1H3,(H,17,20)(H,18,21). The maximum absolute atomic E-state index is 12.1. The van der Waals surface area contributed by atoms with Crippen LogP contribution in [-0.4, -0.2) is 56.0 Å². The van der Waals surface area contributed by atoms with Gasteiger partial charge in [0.2, 0.25) is 0 Å². The summed E-state index contributed by atoms with van der Waals surface area (Å²) < 4.78 is 9.47. The lowest BCUT2D eigenvalue weighted by atomic mass is 10.1. The van der Waals surface area contributed by atoms with E-state index in [0.717, 1.165) is 0 Å². The third-order valence-corrected chi connectivity index (χ3v) is 3.03. The maximum atomic E-state index is 12.1. The topological polar surface area (TPSA) is 109 Å². The van der Waals surface area contributed by atoms with Crippen LogP contribution in [0.4, 0.5) is 10.5 Å².